The fraction of sp³-hybridized carbons (Fsp3) is 0.323. The molecule has 7 rings (SSSR count). The first kappa shape index (κ1) is 25.4. The Morgan fingerprint density at radius 3 is 2.55 bits per heavy atom. The van der Waals surface area contributed by atoms with Crippen molar-refractivity contribution in [2.24, 2.45) is 17.3 Å². The number of rotatable bonds is 3. The predicted molar refractivity (Wildman–Crippen MR) is 146 cm³/mol. The number of alkyl halides is 3. The molecule has 0 radical (unpaired) electrons. The molecular weight excluding hydrogens is 536 g/mol. The fourth-order valence-electron chi connectivity index (χ4n) is 6.98. The number of hydrogen-bond donors (Lipinski definition) is 0. The minimum atomic E-state index is -4.33. The summed E-state index contributed by atoms with van der Waals surface area (Å²) in [6.45, 7) is 2.16. The Morgan fingerprint density at radius 2 is 1.80 bits per heavy atom. The molecule has 0 spiro atoms. The number of nitrogens with zero attached hydrogens (tertiary/aromatic N) is 4. The number of aromatic nitrogens is 4. The van der Waals surface area contributed by atoms with Gasteiger partial charge in [-0.1, -0.05) is 65.8 Å². The van der Waals surface area contributed by atoms with E-state index in [9.17, 15) is 17.6 Å². The van der Waals surface area contributed by atoms with Gasteiger partial charge in [-0.15, -0.1) is 10.2 Å². The molecule has 0 saturated heterocycles. The van der Waals surface area contributed by atoms with Crippen LogP contribution in [-0.2, 0) is 6.42 Å². The van der Waals surface area contributed by atoms with Crippen molar-refractivity contribution < 1.29 is 17.6 Å². The van der Waals surface area contributed by atoms with Gasteiger partial charge in [0.2, 0.25) is 0 Å². The van der Waals surface area contributed by atoms with Crippen LogP contribution in [0.4, 0.5) is 17.6 Å². The van der Waals surface area contributed by atoms with Gasteiger partial charge < -0.3 is 0 Å². The molecular formula is C31H26F4N4S. The number of halogens is 4. The van der Waals surface area contributed by atoms with Gasteiger partial charge >= 0.3 is 6.18 Å². The van der Waals surface area contributed by atoms with E-state index in [-0.39, 0.29) is 18.2 Å². The van der Waals surface area contributed by atoms with Gasteiger partial charge in [0.25, 0.3) is 0 Å². The summed E-state index contributed by atoms with van der Waals surface area (Å²) in [7, 11) is 0. The van der Waals surface area contributed by atoms with E-state index in [0.29, 0.717) is 29.3 Å². The van der Waals surface area contributed by atoms with E-state index in [2.05, 4.69) is 28.3 Å². The minimum Gasteiger partial charge on any atom is -0.233 e. The molecule has 2 heterocycles. The molecule has 3 aliphatic rings. The molecule has 3 aliphatic carbocycles. The lowest BCUT2D eigenvalue weighted by Gasteiger charge is -2.50. The topological polar surface area (TPSA) is 43.6 Å². The van der Waals surface area contributed by atoms with E-state index in [4.69, 9.17) is 0 Å². The molecule has 4 atom stereocenters. The molecule has 1 unspecified atom stereocenters. The zero-order chi connectivity index (χ0) is 27.6. The van der Waals surface area contributed by atoms with E-state index < -0.39 is 23.4 Å². The van der Waals surface area contributed by atoms with Crippen LogP contribution in [0.1, 0.15) is 48.4 Å². The third-order valence-electron chi connectivity index (χ3n) is 8.91. The summed E-state index contributed by atoms with van der Waals surface area (Å²) in [5.41, 5.74) is 5.51. The van der Waals surface area contributed by atoms with Gasteiger partial charge in [0, 0.05) is 16.9 Å². The van der Waals surface area contributed by atoms with E-state index in [1.165, 1.54) is 29.0 Å². The molecule has 4 aromatic rings. The van der Waals surface area contributed by atoms with Gasteiger partial charge in [-0.25, -0.2) is 9.07 Å². The lowest BCUT2D eigenvalue weighted by Crippen LogP contribution is -2.44. The SMILES string of the molecule is C[C@]12Cc3cnn(-c4ccc(F)cc4)c3C=C1CCC1C2=CC[C@@H](C(F)(F)F)[C@@H]1c1nnc(-c2ccccc2)s1. The van der Waals surface area contributed by atoms with Crippen molar-refractivity contribution in [1.82, 2.24) is 20.0 Å². The molecule has 1 saturated carbocycles. The van der Waals surface area contributed by atoms with Gasteiger partial charge in [0.1, 0.15) is 15.8 Å². The van der Waals surface area contributed by atoms with Crippen molar-refractivity contribution in [1.29, 1.82) is 0 Å². The van der Waals surface area contributed by atoms with Crippen LogP contribution in [-0.4, -0.2) is 26.2 Å². The summed E-state index contributed by atoms with van der Waals surface area (Å²) in [5.74, 6) is -2.84. The smallest absolute Gasteiger partial charge is 0.233 e. The standard InChI is InChI=1S/C31H26F4N4S/c1-30-16-19-17-36-39(22-10-8-21(32)9-11-22)26(19)15-20(30)7-12-23-24(30)13-14-25(31(33,34)35)27(23)29-38-37-28(40-29)18-5-3-2-4-6-18/h2-6,8-11,13,15,17,23,25,27H,7,12,14,16H2,1H3/t23?,25-,27-,30+/m1/s1. The van der Waals surface area contributed by atoms with Crippen LogP contribution in [0.15, 0.2) is 78.0 Å². The molecule has 204 valence electrons. The van der Waals surface area contributed by atoms with E-state index in [0.717, 1.165) is 28.1 Å². The number of hydrogen-bond acceptors (Lipinski definition) is 4. The molecule has 2 aromatic carbocycles. The normalized spacial score (nSPS) is 25.9. The van der Waals surface area contributed by atoms with Crippen molar-refractivity contribution in [3.05, 3.63) is 100 Å². The highest BCUT2D eigenvalue weighted by molar-refractivity contribution is 7.14. The van der Waals surface area contributed by atoms with Crippen LogP contribution in [0.2, 0.25) is 0 Å². The molecule has 0 N–H and O–H groups in total. The first-order valence-electron chi connectivity index (χ1n) is 13.4. The lowest BCUT2D eigenvalue weighted by molar-refractivity contribution is -0.185. The predicted octanol–water partition coefficient (Wildman–Crippen LogP) is 8.18. The zero-order valence-corrected chi connectivity index (χ0v) is 22.5. The highest BCUT2D eigenvalue weighted by Gasteiger charge is 2.55. The Balaban J connectivity index is 1.27. The maximum atomic E-state index is 14.5. The van der Waals surface area contributed by atoms with E-state index in [1.807, 2.05) is 47.3 Å². The second-order valence-electron chi connectivity index (χ2n) is 11.1. The molecule has 2 aromatic heterocycles. The number of allylic oxidation sites excluding steroid dienone is 3. The Hall–Kier alpha value is -3.59. The Bertz CT molecular complexity index is 1630. The average molecular weight is 563 g/mol. The van der Waals surface area contributed by atoms with Gasteiger partial charge in [0.05, 0.1) is 23.5 Å². The maximum absolute atomic E-state index is 14.5. The van der Waals surface area contributed by atoms with Gasteiger partial charge in [-0.3, -0.25) is 0 Å². The summed E-state index contributed by atoms with van der Waals surface area (Å²) in [6, 6.07) is 15.7. The second kappa shape index (κ2) is 9.23. The number of fused-ring (bicyclic) bond motifs is 4. The first-order chi connectivity index (χ1) is 19.2. The van der Waals surface area contributed by atoms with Gasteiger partial charge in [-0.05, 0) is 67.5 Å². The molecule has 0 bridgehead atoms. The van der Waals surface area contributed by atoms with Crippen molar-refractivity contribution >= 4 is 17.4 Å². The van der Waals surface area contributed by atoms with E-state index in [1.54, 1.807) is 12.1 Å². The van der Waals surface area contributed by atoms with Crippen LogP contribution >= 0.6 is 11.3 Å². The van der Waals surface area contributed by atoms with E-state index >= 15 is 0 Å². The van der Waals surface area contributed by atoms with Crippen LogP contribution in [0.3, 0.4) is 0 Å². The van der Waals surface area contributed by atoms with Crippen LogP contribution < -0.4 is 0 Å². The Kier molecular flexibility index (Phi) is 5.85. The van der Waals surface area contributed by atoms with Crippen LogP contribution in [0, 0.1) is 23.1 Å². The highest BCUT2D eigenvalue weighted by Crippen LogP contribution is 2.61. The molecule has 4 nitrogen and oxygen atoms in total. The summed E-state index contributed by atoms with van der Waals surface area (Å²) >= 11 is 1.28. The molecule has 1 fully saturated rings. The molecule has 9 heteroatoms. The third-order valence-corrected chi connectivity index (χ3v) is 9.98. The maximum Gasteiger partial charge on any atom is 0.392 e. The monoisotopic (exact) mass is 562 g/mol. The van der Waals surface area contributed by atoms with Crippen molar-refractivity contribution in [2.75, 3.05) is 0 Å². The minimum absolute atomic E-state index is 0.0647. The van der Waals surface area contributed by atoms with Crippen molar-refractivity contribution in [2.45, 2.75) is 44.7 Å². The second-order valence-corrected chi connectivity index (χ2v) is 12.2. The van der Waals surface area contributed by atoms with Crippen molar-refractivity contribution in [3.63, 3.8) is 0 Å². The summed E-state index contributed by atoms with van der Waals surface area (Å²) in [5, 5.41) is 14.4. The third kappa shape index (κ3) is 4.05. The van der Waals surface area contributed by atoms with Crippen molar-refractivity contribution in [3.8, 4) is 16.3 Å². The summed E-state index contributed by atoms with van der Waals surface area (Å²) in [4.78, 5) is 0. The quantitative estimate of drug-likeness (QED) is 0.187. The average Bonchev–Trinajstić information content (AvgIpc) is 3.59. The van der Waals surface area contributed by atoms with Gasteiger partial charge in [0.15, 0.2) is 0 Å². The molecule has 0 amide bonds. The first-order valence-corrected chi connectivity index (χ1v) is 14.2. The lowest BCUT2D eigenvalue weighted by atomic mass is 9.54. The number of benzene rings is 2. The van der Waals surface area contributed by atoms with Crippen LogP contribution in [0.25, 0.3) is 22.3 Å². The van der Waals surface area contributed by atoms with Gasteiger partial charge in [-0.2, -0.15) is 18.3 Å². The Morgan fingerprint density at radius 1 is 1.02 bits per heavy atom. The largest absolute Gasteiger partial charge is 0.392 e. The van der Waals surface area contributed by atoms with Crippen LogP contribution in [0.5, 0.6) is 0 Å². The molecule has 0 aliphatic heterocycles. The molecule has 40 heavy (non-hydrogen) atoms. The highest BCUT2D eigenvalue weighted by atomic mass is 32.1. The summed E-state index contributed by atoms with van der Waals surface area (Å²) in [6.07, 6.45) is 3.41. The Labute approximate surface area is 233 Å². The fourth-order valence-corrected chi connectivity index (χ4v) is 8.06. The summed E-state index contributed by atoms with van der Waals surface area (Å²) < 4.78 is 58.7. The zero-order valence-electron chi connectivity index (χ0n) is 21.7.